The van der Waals surface area contributed by atoms with Gasteiger partial charge in [-0.25, -0.2) is 9.67 Å². The highest BCUT2D eigenvalue weighted by Crippen LogP contribution is 2.30. The first-order valence-corrected chi connectivity index (χ1v) is 12.3. The highest BCUT2D eigenvalue weighted by molar-refractivity contribution is 5.97. The molecule has 1 atom stereocenters. The lowest BCUT2D eigenvalue weighted by Crippen LogP contribution is -2.42. The van der Waals surface area contributed by atoms with Crippen LogP contribution in [0.15, 0.2) is 18.2 Å². The standard InChI is InChI=1S/C27H35N5O3/c1-16-15-20(27(34)32-14-8-7-9-17(32)2)10-12-22(16)29-23(33)13-11-21-18(3)24-25(28-19(21)4)31(5)30-26(24)35-6/h10,12,15,17H,7-9,11,13-14H2,1-6H3,(H,29,33). The van der Waals surface area contributed by atoms with Gasteiger partial charge in [0.2, 0.25) is 11.8 Å². The third kappa shape index (κ3) is 4.88. The van der Waals surface area contributed by atoms with Crippen LogP contribution in [0.5, 0.6) is 5.88 Å². The highest BCUT2D eigenvalue weighted by atomic mass is 16.5. The molecule has 0 saturated carbocycles. The molecule has 0 aliphatic carbocycles. The Bertz CT molecular complexity index is 1280. The van der Waals surface area contributed by atoms with Gasteiger partial charge in [0.25, 0.3) is 5.91 Å². The van der Waals surface area contributed by atoms with E-state index < -0.39 is 0 Å². The van der Waals surface area contributed by atoms with Crippen molar-refractivity contribution in [2.45, 2.75) is 65.8 Å². The summed E-state index contributed by atoms with van der Waals surface area (Å²) in [5.41, 5.74) is 6.01. The maximum absolute atomic E-state index is 13.0. The Balaban J connectivity index is 1.45. The molecule has 0 bridgehead atoms. The van der Waals surface area contributed by atoms with Gasteiger partial charge in [0.1, 0.15) is 0 Å². The topological polar surface area (TPSA) is 89.3 Å². The van der Waals surface area contributed by atoms with Gasteiger partial charge in [0.15, 0.2) is 5.65 Å². The van der Waals surface area contributed by atoms with E-state index in [2.05, 4.69) is 17.3 Å². The summed E-state index contributed by atoms with van der Waals surface area (Å²) in [5.74, 6) is 0.536. The Kier molecular flexibility index (Phi) is 7.10. The minimum absolute atomic E-state index is 0.0675. The number of aryl methyl sites for hydroxylation is 4. The molecular weight excluding hydrogens is 442 g/mol. The van der Waals surface area contributed by atoms with Gasteiger partial charge >= 0.3 is 0 Å². The molecule has 35 heavy (non-hydrogen) atoms. The second-order valence-corrected chi connectivity index (χ2v) is 9.55. The van der Waals surface area contributed by atoms with E-state index in [1.165, 1.54) is 6.42 Å². The molecule has 1 N–H and O–H groups in total. The SMILES string of the molecule is COc1nn(C)c2nc(C)c(CCC(=O)Nc3ccc(C(=O)N4CCCCC4C)cc3C)c(C)c12. The van der Waals surface area contributed by atoms with E-state index in [0.717, 1.165) is 58.5 Å². The van der Waals surface area contributed by atoms with Gasteiger partial charge in [-0.1, -0.05) is 0 Å². The smallest absolute Gasteiger partial charge is 0.254 e. The van der Waals surface area contributed by atoms with E-state index >= 15 is 0 Å². The van der Waals surface area contributed by atoms with Crippen LogP contribution in [-0.4, -0.2) is 51.2 Å². The molecule has 186 valence electrons. The van der Waals surface area contributed by atoms with Gasteiger partial charge < -0.3 is 15.0 Å². The summed E-state index contributed by atoms with van der Waals surface area (Å²) in [6, 6.07) is 5.79. The zero-order valence-corrected chi connectivity index (χ0v) is 21.6. The van der Waals surface area contributed by atoms with Crippen molar-refractivity contribution in [3.8, 4) is 5.88 Å². The Labute approximate surface area is 206 Å². The predicted molar refractivity (Wildman–Crippen MR) is 137 cm³/mol. The van der Waals surface area contributed by atoms with E-state index in [-0.39, 0.29) is 17.9 Å². The molecule has 1 fully saturated rings. The fraction of sp³-hybridized carbons (Fsp3) is 0.481. The van der Waals surface area contributed by atoms with Crippen molar-refractivity contribution in [1.29, 1.82) is 0 Å². The Hall–Kier alpha value is -3.42. The van der Waals surface area contributed by atoms with E-state index in [1.807, 2.05) is 50.9 Å². The quantitative estimate of drug-likeness (QED) is 0.565. The van der Waals surface area contributed by atoms with Crippen molar-refractivity contribution < 1.29 is 14.3 Å². The number of fused-ring (bicyclic) bond motifs is 1. The zero-order valence-electron chi connectivity index (χ0n) is 21.6. The molecule has 1 aromatic carbocycles. The summed E-state index contributed by atoms with van der Waals surface area (Å²) in [5, 5.41) is 8.29. The Morgan fingerprint density at radius 1 is 1.20 bits per heavy atom. The summed E-state index contributed by atoms with van der Waals surface area (Å²) in [4.78, 5) is 32.5. The number of amides is 2. The average Bonchev–Trinajstić information content (AvgIpc) is 3.15. The summed E-state index contributed by atoms with van der Waals surface area (Å²) >= 11 is 0. The summed E-state index contributed by atoms with van der Waals surface area (Å²) in [6.45, 7) is 8.83. The highest BCUT2D eigenvalue weighted by Gasteiger charge is 2.24. The number of hydrogen-bond acceptors (Lipinski definition) is 5. The van der Waals surface area contributed by atoms with Gasteiger partial charge in [-0.15, -0.1) is 5.10 Å². The summed E-state index contributed by atoms with van der Waals surface area (Å²) in [7, 11) is 3.45. The van der Waals surface area contributed by atoms with Crippen LogP contribution in [0.1, 0.15) is 65.3 Å². The van der Waals surface area contributed by atoms with Gasteiger partial charge in [-0.3, -0.25) is 9.59 Å². The van der Waals surface area contributed by atoms with Crippen LogP contribution in [0.2, 0.25) is 0 Å². The number of methoxy groups -OCH3 is 1. The number of carbonyl (C=O) groups excluding carboxylic acids is 2. The number of nitrogens with one attached hydrogen (secondary N) is 1. The third-order valence-corrected chi connectivity index (χ3v) is 7.13. The van der Waals surface area contributed by atoms with Crippen LogP contribution in [0.25, 0.3) is 11.0 Å². The number of piperidine rings is 1. The largest absolute Gasteiger partial charge is 0.479 e. The van der Waals surface area contributed by atoms with Crippen LogP contribution >= 0.6 is 0 Å². The first-order chi connectivity index (χ1) is 16.7. The number of pyridine rings is 1. The number of anilines is 1. The molecule has 1 aliphatic heterocycles. The Morgan fingerprint density at radius 2 is 1.97 bits per heavy atom. The van der Waals surface area contributed by atoms with Crippen LogP contribution < -0.4 is 10.1 Å². The van der Waals surface area contributed by atoms with Crippen LogP contribution in [0.3, 0.4) is 0 Å². The molecule has 8 heteroatoms. The summed E-state index contributed by atoms with van der Waals surface area (Å²) in [6.07, 6.45) is 4.16. The first-order valence-electron chi connectivity index (χ1n) is 12.3. The summed E-state index contributed by atoms with van der Waals surface area (Å²) < 4.78 is 7.15. The predicted octanol–water partition coefficient (Wildman–Crippen LogP) is 4.49. The number of carbonyl (C=O) groups is 2. The lowest BCUT2D eigenvalue weighted by molar-refractivity contribution is -0.116. The number of ether oxygens (including phenoxy) is 1. The van der Waals surface area contributed by atoms with Gasteiger partial charge in [-0.2, -0.15) is 0 Å². The minimum atomic E-state index is -0.0751. The van der Waals surface area contributed by atoms with Crippen LogP contribution in [0, 0.1) is 20.8 Å². The van der Waals surface area contributed by atoms with Crippen molar-refractivity contribution in [3.05, 3.63) is 46.1 Å². The molecule has 2 aromatic heterocycles. The van der Waals surface area contributed by atoms with Crippen LogP contribution in [0.4, 0.5) is 5.69 Å². The fourth-order valence-electron chi connectivity index (χ4n) is 5.06. The van der Waals surface area contributed by atoms with Crippen molar-refractivity contribution in [2.75, 3.05) is 19.0 Å². The van der Waals surface area contributed by atoms with Crippen molar-refractivity contribution >= 4 is 28.5 Å². The van der Waals surface area contributed by atoms with Crippen LogP contribution in [-0.2, 0) is 18.3 Å². The van der Waals surface area contributed by atoms with Gasteiger partial charge in [0, 0.05) is 43.0 Å². The lowest BCUT2D eigenvalue weighted by Gasteiger charge is -2.33. The van der Waals surface area contributed by atoms with Gasteiger partial charge in [-0.05, 0) is 88.3 Å². The number of benzene rings is 1. The van der Waals surface area contributed by atoms with Gasteiger partial charge in [0.05, 0.1) is 12.5 Å². The molecule has 0 radical (unpaired) electrons. The number of nitrogens with zero attached hydrogens (tertiary/aromatic N) is 4. The first kappa shape index (κ1) is 24.7. The lowest BCUT2D eigenvalue weighted by atomic mass is 10.00. The fourth-order valence-corrected chi connectivity index (χ4v) is 5.06. The maximum atomic E-state index is 13.0. The molecule has 3 aromatic rings. The normalized spacial score (nSPS) is 15.9. The maximum Gasteiger partial charge on any atom is 0.254 e. The molecule has 1 aliphatic rings. The number of hydrogen-bond donors (Lipinski definition) is 1. The molecule has 1 unspecified atom stereocenters. The second-order valence-electron chi connectivity index (χ2n) is 9.55. The average molecular weight is 478 g/mol. The number of aromatic nitrogens is 3. The minimum Gasteiger partial charge on any atom is -0.479 e. The zero-order chi connectivity index (χ0) is 25.3. The van der Waals surface area contributed by atoms with Crippen molar-refractivity contribution in [3.63, 3.8) is 0 Å². The molecule has 4 rings (SSSR count). The molecule has 1 saturated heterocycles. The molecule has 0 spiro atoms. The van der Waals surface area contributed by atoms with E-state index in [4.69, 9.17) is 9.72 Å². The van der Waals surface area contributed by atoms with E-state index in [9.17, 15) is 9.59 Å². The molecule has 3 heterocycles. The number of likely N-dealkylation sites (tertiary alicyclic amines) is 1. The molecular formula is C27H35N5O3. The number of rotatable bonds is 6. The molecule has 8 nitrogen and oxygen atoms in total. The van der Waals surface area contributed by atoms with E-state index in [0.29, 0.717) is 24.3 Å². The monoisotopic (exact) mass is 477 g/mol. The third-order valence-electron chi connectivity index (χ3n) is 7.13. The van der Waals surface area contributed by atoms with Crippen molar-refractivity contribution in [1.82, 2.24) is 19.7 Å². The molecule has 2 amide bonds. The Morgan fingerprint density at radius 3 is 2.66 bits per heavy atom. The second kappa shape index (κ2) is 10.1. The van der Waals surface area contributed by atoms with Crippen molar-refractivity contribution in [2.24, 2.45) is 7.05 Å². The van der Waals surface area contributed by atoms with E-state index in [1.54, 1.807) is 11.8 Å².